The summed E-state index contributed by atoms with van der Waals surface area (Å²) in [5, 5.41) is 20.1. The highest BCUT2D eigenvalue weighted by molar-refractivity contribution is 7.18. The van der Waals surface area contributed by atoms with Crippen molar-refractivity contribution in [3.05, 3.63) is 94.8 Å². The molecule has 0 unspecified atom stereocenters. The Morgan fingerprint density at radius 1 is 0.917 bits per heavy atom. The van der Waals surface area contributed by atoms with Crippen LogP contribution in [0.3, 0.4) is 0 Å². The molecule has 36 heavy (non-hydrogen) atoms. The first-order chi connectivity index (χ1) is 17.6. The van der Waals surface area contributed by atoms with Gasteiger partial charge >= 0.3 is 0 Å². The number of hydrogen-bond donors (Lipinski definition) is 3. The van der Waals surface area contributed by atoms with Crippen molar-refractivity contribution in [2.75, 3.05) is 6.54 Å². The van der Waals surface area contributed by atoms with Crippen molar-refractivity contribution in [1.82, 2.24) is 36.2 Å². The summed E-state index contributed by atoms with van der Waals surface area (Å²) < 4.78 is 1.05. The van der Waals surface area contributed by atoms with Crippen LogP contribution in [-0.2, 0) is 24.2 Å². The molecule has 0 saturated heterocycles. The van der Waals surface area contributed by atoms with Crippen molar-refractivity contribution in [1.29, 1.82) is 0 Å². The fourth-order valence-electron chi connectivity index (χ4n) is 3.76. The number of amides is 2. The number of aromatic amines is 1. The third-order valence-electron chi connectivity index (χ3n) is 5.55. The maximum Gasteiger partial charge on any atom is 0.251 e. The van der Waals surface area contributed by atoms with E-state index in [2.05, 4.69) is 60.5 Å². The van der Waals surface area contributed by atoms with Crippen LogP contribution in [0.2, 0.25) is 0 Å². The van der Waals surface area contributed by atoms with Gasteiger partial charge in [-0.1, -0.05) is 53.7 Å². The number of rotatable bonds is 9. The summed E-state index contributed by atoms with van der Waals surface area (Å²) in [5.41, 5.74) is 4.53. The van der Waals surface area contributed by atoms with Gasteiger partial charge in [-0.05, 0) is 41.0 Å². The monoisotopic (exact) mass is 497 g/mol. The molecule has 3 N–H and O–H groups in total. The Hall–Kier alpha value is -4.44. The van der Waals surface area contributed by atoms with E-state index in [-0.39, 0.29) is 18.2 Å². The van der Waals surface area contributed by atoms with Gasteiger partial charge in [0.2, 0.25) is 5.91 Å². The van der Waals surface area contributed by atoms with Crippen molar-refractivity contribution in [2.24, 2.45) is 0 Å². The van der Waals surface area contributed by atoms with Crippen LogP contribution in [0.5, 0.6) is 0 Å². The van der Waals surface area contributed by atoms with Crippen molar-refractivity contribution in [3.63, 3.8) is 0 Å². The van der Waals surface area contributed by atoms with E-state index in [4.69, 9.17) is 0 Å². The fraction of sp³-hybridized carbons (Fsp3) is 0.154. The Kier molecular flexibility index (Phi) is 7.04. The number of carbonyl (C=O) groups excluding carboxylic acids is 2. The molecule has 2 aromatic heterocycles. The SMILES string of the molecule is O=C(Cc1nc2ccc(-c3ccccc3)cc2s1)NCc1cccc(C(=O)NCCc2nn[nH]n2)c1. The van der Waals surface area contributed by atoms with Crippen molar-refractivity contribution >= 4 is 33.4 Å². The number of fused-ring (bicyclic) bond motifs is 1. The van der Waals surface area contributed by atoms with Gasteiger partial charge in [0, 0.05) is 25.1 Å². The molecule has 180 valence electrons. The zero-order chi connectivity index (χ0) is 24.7. The summed E-state index contributed by atoms with van der Waals surface area (Å²) in [6.45, 7) is 0.722. The first-order valence-corrected chi connectivity index (χ1v) is 12.3. The molecule has 0 spiro atoms. The standard InChI is InChI=1S/C26H23N7O2S/c34-24(15-25-29-21-10-9-19(14-22(21)36-25)18-6-2-1-3-7-18)28-16-17-5-4-8-20(13-17)26(35)27-12-11-23-30-32-33-31-23/h1-10,13-14H,11-12,15-16H2,(H,27,35)(H,28,34)(H,30,31,32,33). The average molecular weight is 498 g/mol. The highest BCUT2D eigenvalue weighted by atomic mass is 32.1. The molecule has 0 radical (unpaired) electrons. The maximum atomic E-state index is 12.6. The van der Waals surface area contributed by atoms with E-state index in [1.165, 1.54) is 11.3 Å². The molecule has 0 saturated carbocycles. The molecule has 10 heteroatoms. The van der Waals surface area contributed by atoms with Gasteiger partial charge in [0.05, 0.1) is 16.6 Å². The molecule has 2 amide bonds. The molecule has 0 fully saturated rings. The van der Waals surface area contributed by atoms with Crippen molar-refractivity contribution in [2.45, 2.75) is 19.4 Å². The quantitative estimate of drug-likeness (QED) is 0.287. The molecule has 0 aliphatic carbocycles. The highest BCUT2D eigenvalue weighted by Crippen LogP contribution is 2.28. The van der Waals surface area contributed by atoms with Crippen molar-refractivity contribution in [3.8, 4) is 11.1 Å². The molecule has 0 aliphatic heterocycles. The number of H-pyrrole nitrogens is 1. The number of hydrogen-bond acceptors (Lipinski definition) is 7. The zero-order valence-corrected chi connectivity index (χ0v) is 20.1. The van der Waals surface area contributed by atoms with E-state index in [1.54, 1.807) is 18.2 Å². The molecule has 0 aliphatic rings. The Balaban J connectivity index is 1.15. The predicted molar refractivity (Wildman–Crippen MR) is 137 cm³/mol. The summed E-state index contributed by atoms with van der Waals surface area (Å²) in [5.74, 6) is 0.222. The van der Waals surface area contributed by atoms with Gasteiger partial charge < -0.3 is 10.6 Å². The Morgan fingerprint density at radius 2 is 1.81 bits per heavy atom. The van der Waals surface area contributed by atoms with E-state index in [1.807, 2.05) is 30.3 Å². The van der Waals surface area contributed by atoms with Gasteiger partial charge in [0.1, 0.15) is 5.01 Å². The van der Waals surface area contributed by atoms with Crippen LogP contribution in [0.15, 0.2) is 72.8 Å². The number of aromatic nitrogens is 5. The largest absolute Gasteiger partial charge is 0.352 e. The first kappa shape index (κ1) is 23.3. The Bertz CT molecular complexity index is 1480. The molecular weight excluding hydrogens is 474 g/mol. The summed E-state index contributed by atoms with van der Waals surface area (Å²) in [4.78, 5) is 29.6. The van der Waals surface area contributed by atoms with E-state index >= 15 is 0 Å². The van der Waals surface area contributed by atoms with Crippen LogP contribution in [-0.4, -0.2) is 44.0 Å². The van der Waals surface area contributed by atoms with Gasteiger partial charge in [-0.2, -0.15) is 5.21 Å². The van der Waals surface area contributed by atoms with Gasteiger partial charge in [0.15, 0.2) is 5.82 Å². The molecule has 2 heterocycles. The van der Waals surface area contributed by atoms with Crippen LogP contribution >= 0.6 is 11.3 Å². The number of nitrogens with one attached hydrogen (secondary N) is 3. The van der Waals surface area contributed by atoms with Crippen LogP contribution in [0.25, 0.3) is 21.3 Å². The minimum atomic E-state index is -0.198. The Morgan fingerprint density at radius 3 is 2.64 bits per heavy atom. The molecule has 9 nitrogen and oxygen atoms in total. The summed E-state index contributed by atoms with van der Waals surface area (Å²) in [7, 11) is 0. The smallest absolute Gasteiger partial charge is 0.251 e. The number of nitrogens with zero attached hydrogens (tertiary/aromatic N) is 4. The third-order valence-corrected chi connectivity index (χ3v) is 6.57. The summed E-state index contributed by atoms with van der Waals surface area (Å²) >= 11 is 1.53. The number of tetrazole rings is 1. The second-order valence-corrected chi connectivity index (χ2v) is 9.26. The van der Waals surface area contributed by atoms with Crippen LogP contribution < -0.4 is 10.6 Å². The second kappa shape index (κ2) is 10.9. The van der Waals surface area contributed by atoms with Crippen LogP contribution in [0.4, 0.5) is 0 Å². The average Bonchev–Trinajstić information content (AvgIpc) is 3.57. The number of benzene rings is 3. The maximum absolute atomic E-state index is 12.6. The van der Waals surface area contributed by atoms with Gasteiger partial charge in [-0.3, -0.25) is 9.59 Å². The normalized spacial score (nSPS) is 10.9. The topological polar surface area (TPSA) is 126 Å². The third kappa shape index (κ3) is 5.78. The minimum Gasteiger partial charge on any atom is -0.352 e. The lowest BCUT2D eigenvalue weighted by molar-refractivity contribution is -0.120. The first-order valence-electron chi connectivity index (χ1n) is 11.4. The lowest BCUT2D eigenvalue weighted by Gasteiger charge is -2.07. The van der Waals surface area contributed by atoms with Gasteiger partial charge in [0.25, 0.3) is 5.91 Å². The zero-order valence-electron chi connectivity index (χ0n) is 19.3. The lowest BCUT2D eigenvalue weighted by Crippen LogP contribution is -2.27. The lowest BCUT2D eigenvalue weighted by atomic mass is 10.1. The molecule has 3 aromatic carbocycles. The summed E-state index contributed by atoms with van der Waals surface area (Å²) in [6.07, 6.45) is 0.688. The molecule has 5 rings (SSSR count). The molecule has 0 atom stereocenters. The second-order valence-electron chi connectivity index (χ2n) is 8.14. The van der Waals surface area contributed by atoms with E-state index in [0.29, 0.717) is 30.9 Å². The highest BCUT2D eigenvalue weighted by Gasteiger charge is 2.11. The van der Waals surface area contributed by atoms with Crippen molar-refractivity contribution < 1.29 is 9.59 Å². The van der Waals surface area contributed by atoms with Crippen LogP contribution in [0, 0.1) is 0 Å². The fourth-order valence-corrected chi connectivity index (χ4v) is 4.76. The minimum absolute atomic E-state index is 0.118. The van der Waals surface area contributed by atoms with Crippen LogP contribution in [0.1, 0.15) is 26.8 Å². The van der Waals surface area contributed by atoms with E-state index in [0.717, 1.165) is 31.9 Å². The molecule has 5 aromatic rings. The Labute approximate surface area is 211 Å². The number of thiazole rings is 1. The summed E-state index contributed by atoms with van der Waals surface area (Å²) in [6, 6.07) is 23.5. The van der Waals surface area contributed by atoms with Gasteiger partial charge in [-0.25, -0.2) is 4.98 Å². The van der Waals surface area contributed by atoms with E-state index in [9.17, 15) is 9.59 Å². The predicted octanol–water partition coefficient (Wildman–Crippen LogP) is 3.31. The number of carbonyl (C=O) groups is 2. The van der Waals surface area contributed by atoms with Gasteiger partial charge in [-0.15, -0.1) is 21.5 Å². The molecular formula is C26H23N7O2S. The molecule has 0 bridgehead atoms. The van der Waals surface area contributed by atoms with E-state index < -0.39 is 0 Å².